The maximum Gasteiger partial charge on any atom is 0.305 e. The normalized spacial score (nSPS) is 21.9. The van der Waals surface area contributed by atoms with Gasteiger partial charge in [-0.3, -0.25) is 10.1 Å². The van der Waals surface area contributed by atoms with Crippen LogP contribution < -0.4 is 4.90 Å². The van der Waals surface area contributed by atoms with Crippen molar-refractivity contribution in [2.45, 2.75) is 37.8 Å². The first-order valence-electron chi connectivity index (χ1n) is 7.85. The fraction of sp³-hybridized carbons (Fsp3) is 0.353. The van der Waals surface area contributed by atoms with Gasteiger partial charge in [-0.1, -0.05) is 12.1 Å². The molecular formula is C17H14FN3O2S. The van der Waals surface area contributed by atoms with Gasteiger partial charge in [0.1, 0.15) is 11.1 Å². The van der Waals surface area contributed by atoms with Gasteiger partial charge in [-0.2, -0.15) is 9.65 Å². The zero-order valence-electron chi connectivity index (χ0n) is 12.7. The van der Waals surface area contributed by atoms with Crippen LogP contribution in [0.3, 0.4) is 0 Å². The molecule has 1 aromatic heterocycles. The summed E-state index contributed by atoms with van der Waals surface area (Å²) in [6, 6.07) is 7.20. The Hall–Kier alpha value is -2.46. The van der Waals surface area contributed by atoms with Gasteiger partial charge in [0.2, 0.25) is 5.82 Å². The fourth-order valence-corrected chi connectivity index (χ4v) is 5.12. The standard InChI is InChI=1S/C17H14FN3O2S/c18-16-12(2-1-3-15(16)21(22)23)14-9-24-17(13(14)8-19)20-10-4-5-11(20)7-6-10/h1-3,9-11H,4-7H2. The zero-order chi connectivity index (χ0) is 16.8. The Morgan fingerprint density at radius 3 is 2.50 bits per heavy atom. The van der Waals surface area contributed by atoms with Gasteiger partial charge in [-0.05, 0) is 25.7 Å². The van der Waals surface area contributed by atoms with E-state index >= 15 is 0 Å². The minimum absolute atomic E-state index is 0.120. The van der Waals surface area contributed by atoms with Crippen LogP contribution in [0.5, 0.6) is 0 Å². The van der Waals surface area contributed by atoms with E-state index in [1.807, 2.05) is 0 Å². The van der Waals surface area contributed by atoms with Crippen molar-refractivity contribution in [1.29, 1.82) is 5.26 Å². The van der Waals surface area contributed by atoms with Crippen molar-refractivity contribution in [2.75, 3.05) is 4.90 Å². The third-order valence-electron chi connectivity index (χ3n) is 5.04. The Balaban J connectivity index is 1.83. The molecule has 0 radical (unpaired) electrons. The molecule has 1 aromatic carbocycles. The molecule has 2 fully saturated rings. The number of fused-ring (bicyclic) bond motifs is 2. The number of rotatable bonds is 3. The second-order valence-corrected chi connectivity index (χ2v) is 7.06. The molecule has 2 aliphatic heterocycles. The molecule has 2 aromatic rings. The fourth-order valence-electron chi connectivity index (χ4n) is 3.96. The van der Waals surface area contributed by atoms with E-state index in [-0.39, 0.29) is 5.56 Å². The van der Waals surface area contributed by atoms with Crippen LogP contribution in [-0.2, 0) is 0 Å². The summed E-state index contributed by atoms with van der Waals surface area (Å²) < 4.78 is 14.5. The van der Waals surface area contributed by atoms with Crippen molar-refractivity contribution in [3.63, 3.8) is 0 Å². The lowest BCUT2D eigenvalue weighted by Gasteiger charge is -2.23. The van der Waals surface area contributed by atoms with E-state index in [1.54, 1.807) is 5.38 Å². The van der Waals surface area contributed by atoms with Crippen molar-refractivity contribution in [1.82, 2.24) is 0 Å². The van der Waals surface area contributed by atoms with Crippen LogP contribution in [0.25, 0.3) is 11.1 Å². The number of nitriles is 1. The van der Waals surface area contributed by atoms with Gasteiger partial charge >= 0.3 is 5.69 Å². The quantitative estimate of drug-likeness (QED) is 0.609. The van der Waals surface area contributed by atoms with Gasteiger partial charge in [0.25, 0.3) is 0 Å². The summed E-state index contributed by atoms with van der Waals surface area (Å²) in [6.45, 7) is 0. The van der Waals surface area contributed by atoms with Gasteiger partial charge in [0.15, 0.2) is 0 Å². The van der Waals surface area contributed by atoms with E-state index in [0.29, 0.717) is 23.2 Å². The first-order valence-corrected chi connectivity index (χ1v) is 8.73. The summed E-state index contributed by atoms with van der Waals surface area (Å²) in [5.41, 5.74) is 0.434. The van der Waals surface area contributed by atoms with Crippen LogP contribution in [0.4, 0.5) is 15.1 Å². The second kappa shape index (κ2) is 5.56. The molecule has 4 rings (SSSR count). The molecule has 5 nitrogen and oxygen atoms in total. The Bertz CT molecular complexity index is 853. The second-order valence-electron chi connectivity index (χ2n) is 6.21. The highest BCUT2D eigenvalue weighted by molar-refractivity contribution is 7.15. The summed E-state index contributed by atoms with van der Waals surface area (Å²) in [4.78, 5) is 12.5. The lowest BCUT2D eigenvalue weighted by Crippen LogP contribution is -2.27. The molecule has 122 valence electrons. The molecule has 0 spiro atoms. The van der Waals surface area contributed by atoms with Crippen LogP contribution in [0.15, 0.2) is 23.6 Å². The Labute approximate surface area is 142 Å². The van der Waals surface area contributed by atoms with Crippen molar-refractivity contribution < 1.29 is 9.31 Å². The summed E-state index contributed by atoms with van der Waals surface area (Å²) in [6.07, 6.45) is 4.53. The topological polar surface area (TPSA) is 70.2 Å². The van der Waals surface area contributed by atoms with Crippen LogP contribution >= 0.6 is 11.3 Å². The summed E-state index contributed by atoms with van der Waals surface area (Å²) in [7, 11) is 0. The first-order chi connectivity index (χ1) is 11.6. The van der Waals surface area contributed by atoms with E-state index in [4.69, 9.17) is 0 Å². The monoisotopic (exact) mass is 343 g/mol. The molecule has 0 saturated carbocycles. The number of anilines is 1. The number of nitro benzene ring substituents is 1. The lowest BCUT2D eigenvalue weighted by molar-refractivity contribution is -0.387. The van der Waals surface area contributed by atoms with Crippen LogP contribution in [0.1, 0.15) is 31.2 Å². The smallest absolute Gasteiger partial charge is 0.305 e. The number of benzene rings is 1. The minimum atomic E-state index is -0.882. The van der Waals surface area contributed by atoms with E-state index in [0.717, 1.165) is 36.8 Å². The molecule has 7 heteroatoms. The van der Waals surface area contributed by atoms with Crippen molar-refractivity contribution in [3.05, 3.63) is 45.1 Å². The molecule has 2 aliphatic rings. The Morgan fingerprint density at radius 2 is 1.92 bits per heavy atom. The first kappa shape index (κ1) is 15.1. The van der Waals surface area contributed by atoms with Gasteiger partial charge in [-0.15, -0.1) is 11.3 Å². The average Bonchev–Trinajstić information content (AvgIpc) is 3.27. The molecule has 2 bridgehead atoms. The number of hydrogen-bond acceptors (Lipinski definition) is 5. The van der Waals surface area contributed by atoms with Crippen molar-refractivity contribution in [3.8, 4) is 17.2 Å². The highest BCUT2D eigenvalue weighted by Crippen LogP contribution is 2.47. The van der Waals surface area contributed by atoms with E-state index in [9.17, 15) is 19.8 Å². The molecule has 0 amide bonds. The predicted octanol–water partition coefficient (Wildman–Crippen LogP) is 4.47. The maximum absolute atomic E-state index is 14.5. The molecule has 0 N–H and O–H groups in total. The van der Waals surface area contributed by atoms with Crippen LogP contribution in [0, 0.1) is 27.3 Å². The minimum Gasteiger partial charge on any atom is -0.356 e. The van der Waals surface area contributed by atoms with Crippen LogP contribution in [-0.4, -0.2) is 17.0 Å². The maximum atomic E-state index is 14.5. The van der Waals surface area contributed by atoms with E-state index in [1.165, 1.54) is 23.5 Å². The molecule has 0 atom stereocenters. The number of nitrogens with zero attached hydrogens (tertiary/aromatic N) is 3. The van der Waals surface area contributed by atoms with Crippen LogP contribution in [0.2, 0.25) is 0 Å². The average molecular weight is 343 g/mol. The Morgan fingerprint density at radius 1 is 1.25 bits per heavy atom. The van der Waals surface area contributed by atoms with Crippen molar-refractivity contribution >= 4 is 22.0 Å². The highest BCUT2D eigenvalue weighted by atomic mass is 32.1. The third-order valence-corrected chi connectivity index (χ3v) is 6.03. The summed E-state index contributed by atoms with van der Waals surface area (Å²) in [5, 5.41) is 23.2. The lowest BCUT2D eigenvalue weighted by atomic mass is 10.0. The third kappa shape index (κ3) is 2.10. The molecule has 0 unspecified atom stereocenters. The number of hydrogen-bond donors (Lipinski definition) is 0. The SMILES string of the molecule is N#Cc1c(-c2cccc([N+](=O)[O-])c2F)csc1N1C2CCC1CC2. The summed E-state index contributed by atoms with van der Waals surface area (Å²) >= 11 is 1.43. The number of nitro groups is 1. The van der Waals surface area contributed by atoms with E-state index < -0.39 is 16.4 Å². The highest BCUT2D eigenvalue weighted by Gasteiger charge is 2.41. The number of thiophene rings is 1. The van der Waals surface area contributed by atoms with Gasteiger partial charge in [-0.25, -0.2) is 0 Å². The van der Waals surface area contributed by atoms with Crippen molar-refractivity contribution in [2.24, 2.45) is 0 Å². The number of halogens is 1. The van der Waals surface area contributed by atoms with Gasteiger partial charge in [0, 0.05) is 34.7 Å². The molecule has 2 saturated heterocycles. The zero-order valence-corrected chi connectivity index (χ0v) is 13.6. The largest absolute Gasteiger partial charge is 0.356 e. The molecule has 0 aliphatic carbocycles. The molecule has 24 heavy (non-hydrogen) atoms. The van der Waals surface area contributed by atoms with E-state index in [2.05, 4.69) is 11.0 Å². The summed E-state index contributed by atoms with van der Waals surface area (Å²) in [5.74, 6) is -0.882. The molecular weight excluding hydrogens is 329 g/mol. The van der Waals surface area contributed by atoms with Gasteiger partial charge < -0.3 is 4.90 Å². The van der Waals surface area contributed by atoms with Gasteiger partial charge in [0.05, 0.1) is 10.5 Å². The molecule has 3 heterocycles. The Kier molecular flexibility index (Phi) is 3.50. The predicted molar refractivity (Wildman–Crippen MR) is 89.6 cm³/mol.